The van der Waals surface area contributed by atoms with Gasteiger partial charge in [0.15, 0.2) is 5.78 Å². The van der Waals surface area contributed by atoms with Crippen LogP contribution in [-0.2, 0) is 9.53 Å². The number of ketones is 1. The third-order valence-electron chi connectivity index (χ3n) is 5.78. The number of nitrogens with zero attached hydrogens (tertiary/aromatic N) is 2. The van der Waals surface area contributed by atoms with Gasteiger partial charge in [-0.05, 0) is 62.2 Å². The number of nitrogens with one attached hydrogen (secondary N) is 1. The standard InChI is InChI=1S/C24H24ClN3O4/c1-3-32-24(31)15-4-6-16(7-5-15)26-21(29)13-28-11-10-20-18(12-28)23(30)17-8-9-19(25)14(2)22(17)27-20/h4-9,18H,3,10-13H2,1-2H3,(H,26,29). The maximum atomic E-state index is 13.1. The largest absolute Gasteiger partial charge is 0.462 e. The van der Waals surface area contributed by atoms with Crippen LogP contribution in [-0.4, -0.2) is 54.5 Å². The molecule has 2 aromatic rings. The van der Waals surface area contributed by atoms with Crippen molar-refractivity contribution in [2.24, 2.45) is 10.9 Å². The van der Waals surface area contributed by atoms with Gasteiger partial charge in [-0.3, -0.25) is 19.5 Å². The van der Waals surface area contributed by atoms with Gasteiger partial charge in [0.25, 0.3) is 0 Å². The van der Waals surface area contributed by atoms with E-state index in [1.807, 2.05) is 11.8 Å². The molecule has 166 valence electrons. The number of halogens is 1. The molecule has 0 aromatic heterocycles. The molecule has 7 nitrogen and oxygen atoms in total. The monoisotopic (exact) mass is 453 g/mol. The van der Waals surface area contributed by atoms with E-state index in [4.69, 9.17) is 21.3 Å². The number of anilines is 1. The number of amides is 1. The minimum Gasteiger partial charge on any atom is -0.462 e. The van der Waals surface area contributed by atoms with E-state index in [1.165, 1.54) is 0 Å². The van der Waals surface area contributed by atoms with Gasteiger partial charge in [-0.25, -0.2) is 4.79 Å². The summed E-state index contributed by atoms with van der Waals surface area (Å²) in [6, 6.07) is 10.0. The van der Waals surface area contributed by atoms with E-state index in [0.29, 0.717) is 53.6 Å². The number of ether oxygens (including phenoxy) is 1. The molecule has 0 saturated carbocycles. The number of hydrogen-bond acceptors (Lipinski definition) is 6. The molecule has 0 bridgehead atoms. The number of carbonyl (C=O) groups is 3. The minimum atomic E-state index is -0.396. The Bertz CT molecular complexity index is 1110. The van der Waals surface area contributed by atoms with Crippen molar-refractivity contribution in [3.05, 3.63) is 58.1 Å². The number of esters is 1. The lowest BCUT2D eigenvalue weighted by Gasteiger charge is -2.35. The van der Waals surface area contributed by atoms with Crippen LogP contribution in [0.25, 0.3) is 0 Å². The predicted octanol–water partition coefficient (Wildman–Crippen LogP) is 4.05. The van der Waals surface area contributed by atoms with Gasteiger partial charge in [-0.15, -0.1) is 0 Å². The molecule has 32 heavy (non-hydrogen) atoms. The summed E-state index contributed by atoms with van der Waals surface area (Å²) in [5, 5.41) is 3.44. The molecule has 2 heterocycles. The van der Waals surface area contributed by atoms with Gasteiger partial charge in [-0.1, -0.05) is 11.6 Å². The Morgan fingerprint density at radius 2 is 1.97 bits per heavy atom. The lowest BCUT2D eigenvalue weighted by molar-refractivity contribution is -0.117. The summed E-state index contributed by atoms with van der Waals surface area (Å²) in [5.74, 6) is -0.883. The molecule has 1 N–H and O–H groups in total. The molecule has 1 amide bonds. The van der Waals surface area contributed by atoms with Gasteiger partial charge in [0.1, 0.15) is 0 Å². The average molecular weight is 454 g/mol. The quantitative estimate of drug-likeness (QED) is 0.690. The highest BCUT2D eigenvalue weighted by molar-refractivity contribution is 6.32. The third-order valence-corrected chi connectivity index (χ3v) is 6.19. The number of aliphatic imine (C=N–C) groups is 1. The summed E-state index contributed by atoms with van der Waals surface area (Å²) in [4.78, 5) is 44.1. The topological polar surface area (TPSA) is 88.1 Å². The van der Waals surface area contributed by atoms with Crippen molar-refractivity contribution in [2.45, 2.75) is 20.3 Å². The highest BCUT2D eigenvalue weighted by Gasteiger charge is 2.36. The van der Waals surface area contributed by atoms with E-state index in [9.17, 15) is 14.4 Å². The summed E-state index contributed by atoms with van der Waals surface area (Å²) in [6.45, 7) is 5.20. The molecule has 2 aliphatic rings. The molecule has 1 atom stereocenters. The van der Waals surface area contributed by atoms with Gasteiger partial charge in [-0.2, -0.15) is 0 Å². The van der Waals surface area contributed by atoms with Gasteiger partial charge >= 0.3 is 5.97 Å². The van der Waals surface area contributed by atoms with E-state index < -0.39 is 5.97 Å². The molecule has 1 fully saturated rings. The van der Waals surface area contributed by atoms with Crippen LogP contribution in [0.15, 0.2) is 41.4 Å². The predicted molar refractivity (Wildman–Crippen MR) is 123 cm³/mol. The van der Waals surface area contributed by atoms with E-state index in [1.54, 1.807) is 43.3 Å². The summed E-state index contributed by atoms with van der Waals surface area (Å²) in [5.41, 5.74) is 3.97. The highest BCUT2D eigenvalue weighted by atomic mass is 35.5. The Kier molecular flexibility index (Phi) is 6.39. The van der Waals surface area contributed by atoms with Crippen LogP contribution in [0.2, 0.25) is 5.02 Å². The van der Waals surface area contributed by atoms with Gasteiger partial charge < -0.3 is 10.1 Å². The fourth-order valence-corrected chi connectivity index (χ4v) is 4.22. The molecular weight excluding hydrogens is 430 g/mol. The Morgan fingerprint density at radius 1 is 1.22 bits per heavy atom. The highest BCUT2D eigenvalue weighted by Crippen LogP contribution is 2.37. The normalized spacial score (nSPS) is 17.8. The second-order valence-electron chi connectivity index (χ2n) is 7.92. The second kappa shape index (κ2) is 9.22. The zero-order valence-corrected chi connectivity index (χ0v) is 18.7. The molecule has 8 heteroatoms. The number of rotatable bonds is 5. The first kappa shape index (κ1) is 22.2. The molecule has 2 aliphatic heterocycles. The molecule has 4 rings (SSSR count). The number of likely N-dealkylation sites (tertiary alicyclic amines) is 1. The van der Waals surface area contributed by atoms with Crippen LogP contribution >= 0.6 is 11.6 Å². The first-order valence-electron chi connectivity index (χ1n) is 10.6. The fraction of sp³-hybridized carbons (Fsp3) is 0.333. The number of hydrogen-bond donors (Lipinski definition) is 1. The van der Waals surface area contributed by atoms with Crippen LogP contribution in [0, 0.1) is 12.8 Å². The lowest BCUT2D eigenvalue weighted by Crippen LogP contribution is -2.47. The van der Waals surface area contributed by atoms with Gasteiger partial charge in [0.2, 0.25) is 5.91 Å². The molecule has 1 saturated heterocycles. The molecule has 0 spiro atoms. The third kappa shape index (κ3) is 4.45. The van der Waals surface area contributed by atoms with Crippen molar-refractivity contribution in [3.63, 3.8) is 0 Å². The number of piperidine rings is 1. The summed E-state index contributed by atoms with van der Waals surface area (Å²) < 4.78 is 4.96. The SMILES string of the molecule is CCOC(=O)c1ccc(NC(=O)CN2CCC3=Nc4c(ccc(Cl)c4C)C(=O)C3C2)cc1. The summed E-state index contributed by atoms with van der Waals surface area (Å²) in [7, 11) is 0. The Labute approximate surface area is 191 Å². The first-order chi connectivity index (χ1) is 15.4. The van der Waals surface area contributed by atoms with Crippen LogP contribution in [0.4, 0.5) is 11.4 Å². The van der Waals surface area contributed by atoms with Gasteiger partial charge in [0.05, 0.1) is 30.3 Å². The zero-order valence-electron chi connectivity index (χ0n) is 18.0. The van der Waals surface area contributed by atoms with Crippen molar-refractivity contribution in [1.29, 1.82) is 0 Å². The van der Waals surface area contributed by atoms with Crippen molar-refractivity contribution in [3.8, 4) is 0 Å². The van der Waals surface area contributed by atoms with E-state index in [-0.39, 0.29) is 24.2 Å². The summed E-state index contributed by atoms with van der Waals surface area (Å²) >= 11 is 6.20. The zero-order chi connectivity index (χ0) is 22.8. The van der Waals surface area contributed by atoms with E-state index in [2.05, 4.69) is 5.32 Å². The number of benzene rings is 2. The average Bonchev–Trinajstić information content (AvgIpc) is 2.78. The second-order valence-corrected chi connectivity index (χ2v) is 8.33. The van der Waals surface area contributed by atoms with E-state index in [0.717, 1.165) is 11.3 Å². The van der Waals surface area contributed by atoms with Crippen LogP contribution in [0.3, 0.4) is 0 Å². The molecule has 1 unspecified atom stereocenters. The maximum Gasteiger partial charge on any atom is 0.338 e. The molecule has 0 radical (unpaired) electrons. The Morgan fingerprint density at radius 3 is 2.69 bits per heavy atom. The van der Waals surface area contributed by atoms with Crippen LogP contribution < -0.4 is 5.32 Å². The Balaban J connectivity index is 1.38. The maximum absolute atomic E-state index is 13.1. The van der Waals surface area contributed by atoms with Crippen molar-refractivity contribution in [2.75, 3.05) is 31.6 Å². The Hall–Kier alpha value is -3.03. The van der Waals surface area contributed by atoms with Crippen molar-refractivity contribution >= 4 is 46.3 Å². The van der Waals surface area contributed by atoms with Gasteiger partial charge in [0, 0.05) is 35.1 Å². The lowest BCUT2D eigenvalue weighted by atomic mass is 9.84. The summed E-state index contributed by atoms with van der Waals surface area (Å²) in [6.07, 6.45) is 0.628. The number of fused-ring (bicyclic) bond motifs is 2. The van der Waals surface area contributed by atoms with Crippen LogP contribution in [0.5, 0.6) is 0 Å². The molecule has 0 aliphatic carbocycles. The minimum absolute atomic E-state index is 0.0319. The van der Waals surface area contributed by atoms with Crippen molar-refractivity contribution < 1.29 is 19.1 Å². The number of Topliss-reactive ketones (excluding diaryl/α,β-unsaturated/α-hetero) is 1. The van der Waals surface area contributed by atoms with Crippen LogP contribution in [0.1, 0.15) is 39.6 Å². The van der Waals surface area contributed by atoms with E-state index >= 15 is 0 Å². The molecule has 2 aromatic carbocycles. The van der Waals surface area contributed by atoms with Crippen molar-refractivity contribution in [1.82, 2.24) is 4.90 Å². The molecular formula is C24H24ClN3O4. The number of carbonyl (C=O) groups excluding carboxylic acids is 3. The smallest absolute Gasteiger partial charge is 0.338 e. The first-order valence-corrected chi connectivity index (χ1v) is 10.9. The fourth-order valence-electron chi connectivity index (χ4n) is 4.07.